The van der Waals surface area contributed by atoms with Gasteiger partial charge in [0.25, 0.3) is 0 Å². The monoisotopic (exact) mass is 933 g/mol. The van der Waals surface area contributed by atoms with Crippen molar-refractivity contribution in [1.29, 1.82) is 0 Å². The number of carbonyl (C=O) groups is 2. The van der Waals surface area contributed by atoms with Gasteiger partial charge in [-0.25, -0.2) is 13.6 Å². The molecule has 4 saturated heterocycles. The number of hydrogen-bond donors (Lipinski definition) is 5. The average Bonchev–Trinajstić information content (AvgIpc) is 3.92. The first kappa shape index (κ1) is 51.0. The second-order valence-electron chi connectivity index (χ2n) is 19.1. The number of piperidine rings is 1. The number of likely N-dealkylation sites (N-methyl/N-ethyl adjacent to an activating group) is 1. The van der Waals surface area contributed by atoms with Gasteiger partial charge in [0.2, 0.25) is 10.0 Å². The summed E-state index contributed by atoms with van der Waals surface area (Å²) in [5, 5.41) is 57.5. The van der Waals surface area contributed by atoms with Gasteiger partial charge in [-0.3, -0.25) is 14.3 Å². The van der Waals surface area contributed by atoms with E-state index in [0.29, 0.717) is 44.6 Å². The molecule has 4 fully saturated rings. The van der Waals surface area contributed by atoms with Crippen LogP contribution in [0, 0.1) is 23.7 Å². The molecule has 1 aromatic carbocycles. The second-order valence-corrected chi connectivity index (χ2v) is 20.7. The van der Waals surface area contributed by atoms with E-state index >= 15 is 0 Å². The minimum absolute atomic E-state index is 0.0535. The van der Waals surface area contributed by atoms with Gasteiger partial charge in [0.1, 0.15) is 29.8 Å². The van der Waals surface area contributed by atoms with Crippen LogP contribution in [-0.2, 0) is 62.8 Å². The highest BCUT2D eigenvalue weighted by Crippen LogP contribution is 2.43. The van der Waals surface area contributed by atoms with Crippen LogP contribution in [0.15, 0.2) is 40.5 Å². The lowest BCUT2D eigenvalue weighted by molar-refractivity contribution is -0.293. The predicted molar refractivity (Wildman–Crippen MR) is 238 cm³/mol. The normalized spacial score (nSPS) is 37.3. The Bertz CT molecular complexity index is 2060. The molecule has 4 aliphatic rings. The molecule has 364 valence electrons. The molecule has 0 spiro atoms. The fourth-order valence-corrected chi connectivity index (χ4v) is 10.4. The molecule has 19 nitrogen and oxygen atoms in total. The molecule has 0 saturated carbocycles. The summed E-state index contributed by atoms with van der Waals surface area (Å²) in [6.45, 7) is 14.5. The van der Waals surface area contributed by atoms with E-state index in [9.17, 15) is 33.3 Å². The van der Waals surface area contributed by atoms with Crippen LogP contribution in [0.4, 0.5) is 0 Å². The Kier molecular flexibility index (Phi) is 16.7. The van der Waals surface area contributed by atoms with E-state index in [1.807, 2.05) is 32.0 Å². The van der Waals surface area contributed by atoms with Crippen molar-refractivity contribution in [3.05, 3.63) is 41.7 Å². The van der Waals surface area contributed by atoms with Crippen LogP contribution in [0.3, 0.4) is 0 Å². The van der Waals surface area contributed by atoms with Crippen molar-refractivity contribution in [1.82, 2.24) is 25.2 Å². The predicted octanol–water partition coefficient (Wildman–Crippen LogP) is 1.74. The number of ether oxygens (including phenoxy) is 4. The molecule has 0 amide bonds. The van der Waals surface area contributed by atoms with E-state index < -0.39 is 93.4 Å². The number of aliphatic hydroxyl groups excluding tert-OH is 2. The fourth-order valence-electron chi connectivity index (χ4n) is 9.86. The number of aliphatic hydroxyl groups is 3. The Morgan fingerprint density at radius 2 is 1.82 bits per heavy atom. The van der Waals surface area contributed by atoms with Gasteiger partial charge in [-0.15, -0.1) is 5.10 Å². The molecule has 6 N–H and O–H groups in total. The number of fused-ring (bicyclic) bond motifs is 2. The van der Waals surface area contributed by atoms with Gasteiger partial charge >= 0.3 is 5.97 Å². The van der Waals surface area contributed by atoms with E-state index in [0.717, 1.165) is 30.6 Å². The number of ketones is 1. The number of nitrogens with zero attached hydrogens (tertiary/aromatic N) is 5. The van der Waals surface area contributed by atoms with Crippen LogP contribution < -0.4 is 10.5 Å². The summed E-state index contributed by atoms with van der Waals surface area (Å²) in [5.74, 6) is -4.72. The van der Waals surface area contributed by atoms with Crippen molar-refractivity contribution in [3.63, 3.8) is 0 Å². The smallest absolute Gasteiger partial charge is 0.316 e. The Labute approximate surface area is 382 Å². The van der Waals surface area contributed by atoms with Crippen molar-refractivity contribution in [2.75, 3.05) is 33.3 Å². The maximum absolute atomic E-state index is 14.4. The zero-order valence-corrected chi connectivity index (χ0v) is 39.9. The minimum atomic E-state index is -3.77. The Morgan fingerprint density at radius 3 is 2.48 bits per heavy atom. The second kappa shape index (κ2) is 21.2. The fraction of sp³-hybridized carbons (Fsp3) is 0.756. The lowest BCUT2D eigenvalue weighted by Gasteiger charge is -2.46. The number of sulfonamides is 1. The SMILES string of the molecule is CC[C@H]1OC(=O)[C@H](C)C(=O)[C@H](C)[C@@H](O[C@@H]2O[C@H](C)C[C@H](N(C)CCc3cn(CCc4ccc(S(N)(=O)=O)cc4)nn3)[C@H]2O)[C@@]2(C)C[C@@H](CO2)/C(=N\O[C@@H]2CCCNC2)[C@H](C)[C@@H](O)[C@]1(C)O. The number of esters is 1. The van der Waals surface area contributed by atoms with Gasteiger partial charge in [-0.2, -0.15) is 0 Å². The van der Waals surface area contributed by atoms with Gasteiger partial charge in [-0.1, -0.05) is 43.3 Å². The quantitative estimate of drug-likeness (QED) is 0.109. The Hall–Kier alpha value is -3.44. The number of cyclic esters (lactones) is 1. The van der Waals surface area contributed by atoms with Crippen LogP contribution in [0.5, 0.6) is 0 Å². The van der Waals surface area contributed by atoms with Crippen molar-refractivity contribution < 1.29 is 57.1 Å². The number of aryl methyl sites for hydroxylation is 2. The Balaban J connectivity index is 1.19. The highest BCUT2D eigenvalue weighted by molar-refractivity contribution is 7.89. The molecule has 14 atom stereocenters. The lowest BCUT2D eigenvalue weighted by Crippen LogP contribution is -2.59. The van der Waals surface area contributed by atoms with Crippen LogP contribution in [-0.4, -0.2) is 155 Å². The number of Topliss-reactive ketones (excluding diaryl/α,β-unsaturated/α-hetero) is 1. The number of nitrogens with two attached hydrogens (primary N) is 1. The van der Waals surface area contributed by atoms with Crippen LogP contribution in [0.2, 0.25) is 0 Å². The van der Waals surface area contributed by atoms with Crippen molar-refractivity contribution >= 4 is 27.5 Å². The standard InChI is InChI=1S/C45H71N7O12S/c1-9-36-45(7,57)40(55)27(3)37(49-64-33-11-10-18-47-23-33)31-22-44(6,60-25-31)41(28(4)38(53)29(5)42(56)62-36)63-43-39(54)35(21-26(2)61-43)51(8)19-17-32-24-52(50-48-32)20-16-30-12-14-34(15-13-30)65(46,58)59/h12-15,24,26-29,31,33,35-36,39-41,43,47,54-55,57H,9-11,16-23,25H2,1-8H3,(H2,46,58,59)/b49-37-/t26-,27+,28+,29-,31+,33-,35+,36-,39-,40-,41-,43+,44-,45-/m1/s1. The number of aromatic nitrogens is 3. The maximum Gasteiger partial charge on any atom is 0.316 e. The van der Waals surface area contributed by atoms with Crippen LogP contribution in [0.25, 0.3) is 0 Å². The van der Waals surface area contributed by atoms with Gasteiger partial charge in [-0.05, 0) is 97.5 Å². The molecule has 6 rings (SSSR count). The number of nitrogens with one attached hydrogen (secondary N) is 1. The molecule has 5 heterocycles. The first-order valence-electron chi connectivity index (χ1n) is 23.1. The maximum atomic E-state index is 14.4. The van der Waals surface area contributed by atoms with Gasteiger partial charge < -0.3 is 49.3 Å². The van der Waals surface area contributed by atoms with Gasteiger partial charge in [0.05, 0.1) is 46.8 Å². The van der Waals surface area contributed by atoms with Crippen molar-refractivity contribution in [2.45, 2.75) is 165 Å². The first-order chi connectivity index (χ1) is 30.6. The number of benzene rings is 1. The summed E-state index contributed by atoms with van der Waals surface area (Å²) in [4.78, 5) is 36.3. The molecule has 0 unspecified atom stereocenters. The van der Waals surface area contributed by atoms with Gasteiger partial charge in [0.15, 0.2) is 12.1 Å². The molecule has 4 aliphatic heterocycles. The van der Waals surface area contributed by atoms with E-state index in [-0.39, 0.29) is 36.6 Å². The van der Waals surface area contributed by atoms with E-state index in [1.165, 1.54) is 26.0 Å². The molecular formula is C45H71N7O12S. The molecule has 1 aromatic heterocycles. The zero-order valence-electron chi connectivity index (χ0n) is 39.0. The highest BCUT2D eigenvalue weighted by atomic mass is 32.2. The Morgan fingerprint density at radius 1 is 1.09 bits per heavy atom. The van der Waals surface area contributed by atoms with Gasteiger partial charge in [0, 0.05) is 56.0 Å². The van der Waals surface area contributed by atoms with Crippen molar-refractivity contribution in [3.8, 4) is 0 Å². The minimum Gasteiger partial charge on any atom is -0.459 e. The summed E-state index contributed by atoms with van der Waals surface area (Å²) < 4.78 is 50.5. The van der Waals surface area contributed by atoms with E-state index in [4.69, 9.17) is 28.9 Å². The lowest BCUT2D eigenvalue weighted by atomic mass is 9.75. The third-order valence-electron chi connectivity index (χ3n) is 14.0. The molecule has 0 aliphatic carbocycles. The summed E-state index contributed by atoms with van der Waals surface area (Å²) in [6.07, 6.45) is -0.822. The largest absolute Gasteiger partial charge is 0.459 e. The summed E-state index contributed by atoms with van der Waals surface area (Å²) in [6, 6.07) is 6.00. The third kappa shape index (κ3) is 12.0. The third-order valence-corrected chi connectivity index (χ3v) is 14.9. The average molecular weight is 934 g/mol. The zero-order chi connectivity index (χ0) is 47.4. The number of primary sulfonamides is 1. The number of carbonyl (C=O) groups excluding carboxylic acids is 2. The topological polar surface area (TPSA) is 259 Å². The van der Waals surface area contributed by atoms with E-state index in [2.05, 4.69) is 20.8 Å². The molecule has 2 bridgehead atoms. The van der Waals surface area contributed by atoms with Crippen LogP contribution >= 0.6 is 0 Å². The van der Waals surface area contributed by atoms with E-state index in [1.54, 1.807) is 37.6 Å². The molecule has 0 radical (unpaired) electrons. The highest BCUT2D eigenvalue weighted by Gasteiger charge is 2.55. The summed E-state index contributed by atoms with van der Waals surface area (Å²) in [5.41, 5.74) is -0.939. The first-order valence-corrected chi connectivity index (χ1v) is 24.6. The van der Waals surface area contributed by atoms with Crippen LogP contribution in [0.1, 0.15) is 91.8 Å². The number of hydrogen-bond acceptors (Lipinski definition) is 17. The number of oxime groups is 1. The molecular weight excluding hydrogens is 863 g/mol. The molecule has 65 heavy (non-hydrogen) atoms. The molecule has 20 heteroatoms. The summed E-state index contributed by atoms with van der Waals surface area (Å²) in [7, 11) is -1.86. The number of rotatable bonds is 13. The summed E-state index contributed by atoms with van der Waals surface area (Å²) >= 11 is 0. The van der Waals surface area contributed by atoms with Crippen molar-refractivity contribution in [2.24, 2.45) is 34.0 Å². The molecule has 2 aromatic rings.